The van der Waals surface area contributed by atoms with Crippen LogP contribution in [0.3, 0.4) is 0 Å². The molecule has 0 atom stereocenters. The molecule has 0 aliphatic heterocycles. The second kappa shape index (κ2) is 10.3. The highest BCUT2D eigenvalue weighted by Crippen LogP contribution is 2.48. The predicted molar refractivity (Wildman–Crippen MR) is 200 cm³/mol. The average Bonchev–Trinajstić information content (AvgIpc) is 3.52. The van der Waals surface area contributed by atoms with Crippen molar-refractivity contribution in [1.82, 2.24) is 0 Å². The summed E-state index contributed by atoms with van der Waals surface area (Å²) in [5.74, 6) is 1.10. The molecule has 0 N–H and O–H groups in total. The first-order valence-electron chi connectivity index (χ1n) is 16.5. The van der Waals surface area contributed by atoms with Gasteiger partial charge in [-0.1, -0.05) is 146 Å². The molecule has 1 aliphatic carbocycles. The highest BCUT2D eigenvalue weighted by atomic mass is 16.3. The van der Waals surface area contributed by atoms with Gasteiger partial charge in [-0.25, -0.2) is 0 Å². The van der Waals surface area contributed by atoms with Crippen LogP contribution in [0.25, 0.3) is 93.5 Å². The fourth-order valence-corrected chi connectivity index (χ4v) is 8.03. The molecule has 1 nitrogen and oxygen atoms in total. The molecule has 220 valence electrons. The number of allylic oxidation sites excluding steroid dienone is 1. The number of hydrogen-bond donors (Lipinski definition) is 0. The second-order valence-electron chi connectivity index (χ2n) is 12.7. The lowest BCUT2D eigenvalue weighted by Gasteiger charge is -2.19. The van der Waals surface area contributed by atoms with Crippen molar-refractivity contribution in [2.24, 2.45) is 0 Å². The Kier molecular flexibility index (Phi) is 5.77. The topological polar surface area (TPSA) is 13.1 Å². The van der Waals surface area contributed by atoms with Gasteiger partial charge in [0, 0.05) is 22.8 Å². The quantitative estimate of drug-likeness (QED) is 0.184. The largest absolute Gasteiger partial charge is 0.460 e. The van der Waals surface area contributed by atoms with Gasteiger partial charge >= 0.3 is 0 Å². The van der Waals surface area contributed by atoms with Gasteiger partial charge in [0.2, 0.25) is 0 Å². The molecule has 47 heavy (non-hydrogen) atoms. The van der Waals surface area contributed by atoms with E-state index in [1.165, 1.54) is 87.4 Å². The highest BCUT2D eigenvalue weighted by Gasteiger charge is 2.22. The molecule has 1 heteroatoms. The van der Waals surface area contributed by atoms with E-state index in [1.807, 2.05) is 0 Å². The molecule has 1 aliphatic rings. The molecule has 1 heterocycles. The second-order valence-corrected chi connectivity index (χ2v) is 12.7. The van der Waals surface area contributed by atoms with Gasteiger partial charge in [0.05, 0.1) is 0 Å². The summed E-state index contributed by atoms with van der Waals surface area (Å²) >= 11 is 0. The minimum atomic E-state index is 0.947. The maximum absolute atomic E-state index is 6.57. The minimum absolute atomic E-state index is 0.947. The molecule has 0 fully saturated rings. The van der Waals surface area contributed by atoms with Crippen LogP contribution in [-0.4, -0.2) is 0 Å². The van der Waals surface area contributed by atoms with Crippen LogP contribution >= 0.6 is 0 Å². The van der Waals surface area contributed by atoms with Crippen LogP contribution in [0.5, 0.6) is 0 Å². The summed E-state index contributed by atoms with van der Waals surface area (Å²) in [5.41, 5.74) is 9.74. The van der Waals surface area contributed by atoms with Crippen LogP contribution in [0, 0.1) is 0 Å². The molecule has 0 spiro atoms. The van der Waals surface area contributed by atoms with Crippen molar-refractivity contribution in [2.45, 2.75) is 12.8 Å². The van der Waals surface area contributed by atoms with Gasteiger partial charge < -0.3 is 4.42 Å². The molecular formula is C46H30O. The van der Waals surface area contributed by atoms with Gasteiger partial charge in [0.15, 0.2) is 0 Å². The van der Waals surface area contributed by atoms with E-state index in [4.69, 9.17) is 4.42 Å². The van der Waals surface area contributed by atoms with Crippen LogP contribution in [0.1, 0.15) is 17.7 Å². The summed E-state index contributed by atoms with van der Waals surface area (Å²) in [6.07, 6.45) is 6.50. The molecule has 0 radical (unpaired) electrons. The SMILES string of the molecule is C1=Cc2c(oc3c2cc(-c2c4ccccc4c(-c4cccc(-c5cccc6ccccc56)c4)c4ccccc24)c2ccccc23)CC1. The van der Waals surface area contributed by atoms with Crippen LogP contribution in [-0.2, 0) is 6.42 Å². The van der Waals surface area contributed by atoms with Crippen molar-refractivity contribution in [2.75, 3.05) is 0 Å². The van der Waals surface area contributed by atoms with Gasteiger partial charge in [-0.05, 0) is 89.6 Å². The lowest BCUT2D eigenvalue weighted by molar-refractivity contribution is 0.549. The number of benzene rings is 8. The maximum atomic E-state index is 6.57. The fourth-order valence-electron chi connectivity index (χ4n) is 8.03. The number of hydrogen-bond acceptors (Lipinski definition) is 1. The Morgan fingerprint density at radius 2 is 1.02 bits per heavy atom. The van der Waals surface area contributed by atoms with E-state index >= 15 is 0 Å². The first-order valence-corrected chi connectivity index (χ1v) is 16.5. The first-order chi connectivity index (χ1) is 23.3. The lowest BCUT2D eigenvalue weighted by atomic mass is 9.83. The average molecular weight is 599 g/mol. The van der Waals surface area contributed by atoms with E-state index in [0.29, 0.717) is 0 Å². The summed E-state index contributed by atoms with van der Waals surface area (Å²) in [5, 5.41) is 11.2. The lowest BCUT2D eigenvalue weighted by Crippen LogP contribution is -1.92. The van der Waals surface area contributed by atoms with Gasteiger partial charge in [0.25, 0.3) is 0 Å². The van der Waals surface area contributed by atoms with E-state index in [2.05, 4.69) is 158 Å². The summed E-state index contributed by atoms with van der Waals surface area (Å²) in [4.78, 5) is 0. The van der Waals surface area contributed by atoms with E-state index < -0.39 is 0 Å². The normalized spacial score (nSPS) is 12.9. The molecule has 0 amide bonds. The Hall–Kier alpha value is -5.92. The van der Waals surface area contributed by atoms with Crippen LogP contribution in [0.2, 0.25) is 0 Å². The van der Waals surface area contributed by atoms with Gasteiger partial charge in [0.1, 0.15) is 11.3 Å². The van der Waals surface area contributed by atoms with Crippen molar-refractivity contribution in [3.63, 3.8) is 0 Å². The Bertz CT molecular complexity index is 2680. The summed E-state index contributed by atoms with van der Waals surface area (Å²) in [6.45, 7) is 0. The molecular weight excluding hydrogens is 569 g/mol. The number of furan rings is 1. The standard InChI is InChI=1S/C46H30O/c1-2-17-32-29(13-1)14-12-25-33(32)30-15-11-16-31(27-30)44-36-20-4-6-22-38(36)45(39-23-7-5-21-37(39)44)41-28-42-35-19-9-10-26-43(35)47-46(42)40-24-8-3-18-34(40)41/h1-9,11-25,27-28H,10,26H2. The molecule has 0 saturated carbocycles. The zero-order valence-electron chi connectivity index (χ0n) is 25.8. The molecule has 1 aromatic heterocycles. The van der Waals surface area contributed by atoms with Crippen molar-refractivity contribution in [3.05, 3.63) is 163 Å². The fraction of sp³-hybridized carbons (Fsp3) is 0.0435. The van der Waals surface area contributed by atoms with Gasteiger partial charge in [-0.3, -0.25) is 0 Å². The Labute approximate surface area is 273 Å². The van der Waals surface area contributed by atoms with Crippen LogP contribution in [0.4, 0.5) is 0 Å². The van der Waals surface area contributed by atoms with Gasteiger partial charge in [-0.2, -0.15) is 0 Å². The van der Waals surface area contributed by atoms with Crippen molar-refractivity contribution < 1.29 is 4.42 Å². The van der Waals surface area contributed by atoms with E-state index in [9.17, 15) is 0 Å². The third kappa shape index (κ3) is 3.96. The van der Waals surface area contributed by atoms with E-state index in [0.717, 1.165) is 24.2 Å². The molecule has 0 saturated heterocycles. The van der Waals surface area contributed by atoms with E-state index in [-0.39, 0.29) is 0 Å². The Morgan fingerprint density at radius 1 is 0.426 bits per heavy atom. The Morgan fingerprint density at radius 3 is 1.79 bits per heavy atom. The molecule has 0 unspecified atom stereocenters. The number of rotatable bonds is 3. The number of aryl methyl sites for hydroxylation is 1. The third-order valence-electron chi connectivity index (χ3n) is 10.1. The monoisotopic (exact) mass is 598 g/mol. The summed E-state index contributed by atoms with van der Waals surface area (Å²) in [6, 6.07) is 53.4. The number of fused-ring (bicyclic) bond motifs is 8. The third-order valence-corrected chi connectivity index (χ3v) is 10.1. The van der Waals surface area contributed by atoms with Crippen LogP contribution in [0.15, 0.2) is 156 Å². The van der Waals surface area contributed by atoms with Crippen LogP contribution < -0.4 is 0 Å². The van der Waals surface area contributed by atoms with E-state index in [1.54, 1.807) is 0 Å². The maximum Gasteiger partial charge on any atom is 0.142 e. The van der Waals surface area contributed by atoms with Gasteiger partial charge in [-0.15, -0.1) is 0 Å². The zero-order chi connectivity index (χ0) is 30.9. The van der Waals surface area contributed by atoms with Crippen molar-refractivity contribution >= 4 is 60.1 Å². The Balaban J connectivity index is 1.29. The molecule has 0 bridgehead atoms. The predicted octanol–water partition coefficient (Wildman–Crippen LogP) is 13.0. The molecule has 9 aromatic rings. The first kappa shape index (κ1) is 26.3. The smallest absolute Gasteiger partial charge is 0.142 e. The zero-order valence-corrected chi connectivity index (χ0v) is 25.8. The minimum Gasteiger partial charge on any atom is -0.460 e. The molecule has 10 rings (SSSR count). The van der Waals surface area contributed by atoms with Crippen molar-refractivity contribution in [3.8, 4) is 33.4 Å². The molecule has 8 aromatic carbocycles. The van der Waals surface area contributed by atoms with Crippen molar-refractivity contribution in [1.29, 1.82) is 0 Å². The summed E-state index contributed by atoms with van der Waals surface area (Å²) < 4.78 is 6.57. The highest BCUT2D eigenvalue weighted by molar-refractivity contribution is 6.25. The summed E-state index contributed by atoms with van der Waals surface area (Å²) in [7, 11) is 0.